The largest absolute Gasteiger partial charge is 0.394 e. The van der Waals surface area contributed by atoms with Crippen LogP contribution in [0.3, 0.4) is 0 Å². The number of nitrogens with one attached hydrogen (secondary N) is 1. The number of aliphatic hydroxyl groups is 11. The predicted molar refractivity (Wildman–Crippen MR) is 448 cm³/mol. The molecule has 0 saturated carbocycles. The van der Waals surface area contributed by atoms with E-state index in [4.69, 9.17) is 28.4 Å². The summed E-state index contributed by atoms with van der Waals surface area (Å²) in [7, 11) is 0. The van der Waals surface area contributed by atoms with Crippen LogP contribution in [0.1, 0.15) is 412 Å². The second-order valence-corrected chi connectivity index (χ2v) is 33.5. The predicted octanol–water partition coefficient (Wildman–Crippen LogP) is 18.2. The van der Waals surface area contributed by atoms with Gasteiger partial charge in [0, 0.05) is 6.42 Å². The van der Waals surface area contributed by atoms with Gasteiger partial charge in [-0.2, -0.15) is 0 Å². The normalized spacial score (nSPS) is 25.1. The summed E-state index contributed by atoms with van der Waals surface area (Å²) in [5.41, 5.74) is 0. The van der Waals surface area contributed by atoms with Gasteiger partial charge in [0.25, 0.3) is 0 Å². The summed E-state index contributed by atoms with van der Waals surface area (Å²) in [6.45, 7) is 1.79. The molecule has 17 unspecified atom stereocenters. The zero-order valence-corrected chi connectivity index (χ0v) is 70.7. The number of hydrogen-bond acceptors (Lipinski definition) is 18. The Bertz CT molecular complexity index is 2140. The first-order valence-electron chi connectivity index (χ1n) is 46.7. The molecule has 654 valence electrons. The van der Waals surface area contributed by atoms with Crippen LogP contribution in [0.4, 0.5) is 0 Å². The quantitative estimate of drug-likeness (QED) is 0.0199. The van der Waals surface area contributed by atoms with Crippen molar-refractivity contribution in [1.29, 1.82) is 0 Å². The molecule has 0 radical (unpaired) electrons. The van der Waals surface area contributed by atoms with E-state index in [0.717, 1.165) is 44.9 Å². The molecule has 12 N–H and O–H groups in total. The van der Waals surface area contributed by atoms with Crippen LogP contribution in [-0.2, 0) is 33.2 Å². The Labute approximate surface area is 676 Å². The van der Waals surface area contributed by atoms with E-state index >= 15 is 0 Å². The molecule has 3 aliphatic heterocycles. The molecule has 19 nitrogen and oxygen atoms in total. The van der Waals surface area contributed by atoms with Crippen molar-refractivity contribution < 1.29 is 89.4 Å². The fourth-order valence-electron chi connectivity index (χ4n) is 16.0. The third kappa shape index (κ3) is 50.5. The number of rotatable bonds is 77. The van der Waals surface area contributed by atoms with Crippen LogP contribution in [0.5, 0.6) is 0 Å². The number of aliphatic hydroxyl groups excluding tert-OH is 11. The molecule has 3 aliphatic rings. The van der Waals surface area contributed by atoms with Gasteiger partial charge in [0.2, 0.25) is 5.91 Å². The summed E-state index contributed by atoms with van der Waals surface area (Å²) >= 11 is 0. The highest BCUT2D eigenvalue weighted by Gasteiger charge is 2.54. The zero-order chi connectivity index (χ0) is 80.3. The van der Waals surface area contributed by atoms with Crippen molar-refractivity contribution in [2.45, 2.75) is 516 Å². The van der Waals surface area contributed by atoms with E-state index in [2.05, 4.69) is 43.5 Å². The van der Waals surface area contributed by atoms with Crippen LogP contribution in [0.2, 0.25) is 0 Å². The molecule has 3 saturated heterocycles. The van der Waals surface area contributed by atoms with E-state index in [-0.39, 0.29) is 18.9 Å². The molecule has 0 aromatic heterocycles. The van der Waals surface area contributed by atoms with Gasteiger partial charge in [-0.15, -0.1) is 0 Å². The lowest BCUT2D eigenvalue weighted by Crippen LogP contribution is -2.66. The van der Waals surface area contributed by atoms with Crippen LogP contribution >= 0.6 is 0 Å². The number of hydrogen-bond donors (Lipinski definition) is 12. The molecule has 0 spiro atoms. The van der Waals surface area contributed by atoms with E-state index in [0.29, 0.717) is 12.8 Å². The number of ether oxygens (including phenoxy) is 6. The van der Waals surface area contributed by atoms with E-state index in [1.807, 2.05) is 6.08 Å². The number of allylic oxidation sites excluding steroid dienone is 5. The fraction of sp³-hybridized carbons (Fsp3) is 0.924. The third-order valence-corrected chi connectivity index (χ3v) is 23.4. The summed E-state index contributed by atoms with van der Waals surface area (Å²) < 4.78 is 34.5. The lowest BCUT2D eigenvalue weighted by molar-refractivity contribution is -0.379. The molecule has 19 heteroatoms. The van der Waals surface area contributed by atoms with E-state index in [1.165, 1.54) is 334 Å². The number of carbonyl (C=O) groups excluding carboxylic acids is 1. The molecule has 0 bridgehead atoms. The first-order chi connectivity index (χ1) is 54.3. The van der Waals surface area contributed by atoms with Gasteiger partial charge >= 0.3 is 0 Å². The van der Waals surface area contributed by atoms with Crippen molar-refractivity contribution in [2.24, 2.45) is 0 Å². The van der Waals surface area contributed by atoms with Crippen LogP contribution in [0, 0.1) is 0 Å². The summed E-state index contributed by atoms with van der Waals surface area (Å²) in [5, 5.41) is 121. The number of amides is 1. The van der Waals surface area contributed by atoms with Crippen molar-refractivity contribution in [3.8, 4) is 0 Å². The minimum atomic E-state index is -1.98. The van der Waals surface area contributed by atoms with Gasteiger partial charge in [0.1, 0.15) is 73.2 Å². The average molecular weight is 1580 g/mol. The molecular formula is C92H173NO18. The summed E-state index contributed by atoms with van der Waals surface area (Å²) in [6, 6.07) is -0.997. The van der Waals surface area contributed by atoms with Crippen LogP contribution in [0.15, 0.2) is 36.5 Å². The smallest absolute Gasteiger partial charge is 0.220 e. The van der Waals surface area contributed by atoms with Gasteiger partial charge in [-0.1, -0.05) is 397 Å². The highest BCUT2D eigenvalue weighted by Crippen LogP contribution is 2.34. The summed E-state index contributed by atoms with van der Waals surface area (Å²) in [4.78, 5) is 13.5. The molecule has 111 heavy (non-hydrogen) atoms. The van der Waals surface area contributed by atoms with Crippen molar-refractivity contribution in [1.82, 2.24) is 5.32 Å². The van der Waals surface area contributed by atoms with Gasteiger partial charge < -0.3 is 89.9 Å². The third-order valence-electron chi connectivity index (χ3n) is 23.4. The van der Waals surface area contributed by atoms with Crippen LogP contribution < -0.4 is 5.32 Å². The topological polar surface area (TPSA) is 307 Å². The Morgan fingerprint density at radius 2 is 0.577 bits per heavy atom. The van der Waals surface area contributed by atoms with Gasteiger partial charge in [-0.05, 0) is 44.9 Å². The molecular weight excluding hydrogens is 1410 g/mol. The standard InChI is InChI=1S/C92H173NO18/c1-3-5-7-9-11-13-15-17-19-21-23-25-27-29-31-33-35-36-37-38-40-42-44-46-48-50-52-54-56-58-60-62-64-66-68-70-80(98)93-75(76(97)69-67-65-63-61-59-57-55-53-51-49-47-45-43-41-39-34-32-30-28-26-24-22-20-18-16-14-12-10-8-6-4-2)74-106-90-86(104)83(101)88(78(72-95)108-90)111-92-87(105)84(102)89(79(73-96)109-92)110-91-85(103)82(100)81(99)77(71-94)107-91/h51,53,59,61,67,69,75-79,81-92,94-97,99-105H,3-50,52,54-58,60,62-66,68,70-74H2,1-2H3,(H,93,98)/b53-51+,61-59+,69-67+. The highest BCUT2D eigenvalue weighted by atomic mass is 16.8. The van der Waals surface area contributed by atoms with Gasteiger partial charge in [-0.3, -0.25) is 4.79 Å². The van der Waals surface area contributed by atoms with Crippen molar-refractivity contribution in [3.63, 3.8) is 0 Å². The first-order valence-corrected chi connectivity index (χ1v) is 46.7. The lowest BCUT2D eigenvalue weighted by atomic mass is 9.96. The van der Waals surface area contributed by atoms with Gasteiger partial charge in [0.05, 0.1) is 38.6 Å². The fourth-order valence-corrected chi connectivity index (χ4v) is 16.0. The number of unbranched alkanes of at least 4 members (excludes halogenated alkanes) is 57. The maximum atomic E-state index is 13.5. The van der Waals surface area contributed by atoms with Gasteiger partial charge in [-0.25, -0.2) is 0 Å². The monoisotopic (exact) mass is 1580 g/mol. The van der Waals surface area contributed by atoms with E-state index in [9.17, 15) is 61.0 Å². The second kappa shape index (κ2) is 72.1. The Kier molecular flexibility index (Phi) is 67.0. The maximum Gasteiger partial charge on any atom is 0.220 e. The summed E-state index contributed by atoms with van der Waals surface area (Å²) in [6.07, 6.45) is 66.1. The Hall–Kier alpha value is -1.99. The summed E-state index contributed by atoms with van der Waals surface area (Å²) in [5.74, 6) is -0.281. The second-order valence-electron chi connectivity index (χ2n) is 33.5. The molecule has 0 aromatic carbocycles. The van der Waals surface area contributed by atoms with E-state index < -0.39 is 124 Å². The van der Waals surface area contributed by atoms with Crippen LogP contribution in [-0.4, -0.2) is 193 Å². The van der Waals surface area contributed by atoms with Crippen molar-refractivity contribution in [2.75, 3.05) is 26.4 Å². The van der Waals surface area contributed by atoms with Crippen LogP contribution in [0.25, 0.3) is 0 Å². The van der Waals surface area contributed by atoms with E-state index in [1.54, 1.807) is 6.08 Å². The molecule has 3 rings (SSSR count). The van der Waals surface area contributed by atoms with Gasteiger partial charge in [0.15, 0.2) is 18.9 Å². The molecule has 3 fully saturated rings. The average Bonchev–Trinajstić information content (AvgIpc) is 0.780. The van der Waals surface area contributed by atoms with Crippen molar-refractivity contribution >= 4 is 5.91 Å². The SMILES string of the molecule is CCCCCCCCCCCCCCCCCCCCCCC/C=C/CC/C=C/CC/C=C/C(O)C(COC1OC(CO)C(OC2OC(CO)C(OC3OC(CO)C(O)C(O)C3O)C(O)C2O)C(O)C1O)NC(=O)CCCCCCCCCCCCCCCCCCCCCCCCCCCCCCCCCCCCC. The maximum absolute atomic E-state index is 13.5. The molecule has 0 aromatic rings. The Morgan fingerprint density at radius 1 is 0.315 bits per heavy atom. The number of carbonyl (C=O) groups is 1. The molecule has 1 amide bonds. The Morgan fingerprint density at radius 3 is 0.901 bits per heavy atom. The highest BCUT2D eigenvalue weighted by molar-refractivity contribution is 5.76. The van der Waals surface area contributed by atoms with Crippen molar-refractivity contribution in [3.05, 3.63) is 36.5 Å². The minimum Gasteiger partial charge on any atom is -0.394 e. The lowest BCUT2D eigenvalue weighted by Gasteiger charge is -2.48. The molecule has 17 atom stereocenters. The zero-order valence-electron chi connectivity index (χ0n) is 70.7. The molecule has 3 heterocycles. The first kappa shape index (κ1) is 103. The Balaban J connectivity index is 1.33. The molecule has 0 aliphatic carbocycles. The minimum absolute atomic E-state index is 0.237.